The predicted molar refractivity (Wildman–Crippen MR) is 92.8 cm³/mol. The predicted octanol–water partition coefficient (Wildman–Crippen LogP) is 1.65. The molecule has 1 heterocycles. The summed E-state index contributed by atoms with van der Waals surface area (Å²) in [5.41, 5.74) is 0.677. The number of rotatable bonds is 7. The SMILES string of the molecule is CCOC(=O)N1CCN(C(=O)CCNCCc2ccccc2F)CC1. The highest BCUT2D eigenvalue weighted by molar-refractivity contribution is 5.77. The van der Waals surface area contributed by atoms with Gasteiger partial charge >= 0.3 is 6.09 Å². The lowest BCUT2D eigenvalue weighted by Gasteiger charge is -2.34. The van der Waals surface area contributed by atoms with Crippen LogP contribution in [0.4, 0.5) is 9.18 Å². The first-order valence-corrected chi connectivity index (χ1v) is 8.75. The van der Waals surface area contributed by atoms with E-state index in [0.29, 0.717) is 64.3 Å². The summed E-state index contributed by atoms with van der Waals surface area (Å²) in [6, 6.07) is 6.71. The quantitative estimate of drug-likeness (QED) is 0.759. The van der Waals surface area contributed by atoms with Crippen molar-refractivity contribution in [2.24, 2.45) is 0 Å². The molecule has 0 aliphatic carbocycles. The number of carbonyl (C=O) groups is 2. The summed E-state index contributed by atoms with van der Waals surface area (Å²) in [5.74, 6) is -0.123. The third kappa shape index (κ3) is 6.01. The fraction of sp³-hybridized carbons (Fsp3) is 0.556. The molecule has 138 valence electrons. The molecular formula is C18H26FN3O3. The Morgan fingerprint density at radius 3 is 2.48 bits per heavy atom. The Labute approximate surface area is 147 Å². The summed E-state index contributed by atoms with van der Waals surface area (Å²) >= 11 is 0. The van der Waals surface area contributed by atoms with Crippen LogP contribution in [0.25, 0.3) is 0 Å². The molecule has 1 aromatic carbocycles. The van der Waals surface area contributed by atoms with Crippen molar-refractivity contribution in [1.29, 1.82) is 0 Å². The number of halogens is 1. The Morgan fingerprint density at radius 1 is 1.12 bits per heavy atom. The third-order valence-corrected chi connectivity index (χ3v) is 4.20. The van der Waals surface area contributed by atoms with Crippen molar-refractivity contribution in [1.82, 2.24) is 15.1 Å². The Balaban J connectivity index is 1.60. The molecule has 2 amide bonds. The average molecular weight is 351 g/mol. The van der Waals surface area contributed by atoms with Crippen molar-refractivity contribution in [3.63, 3.8) is 0 Å². The molecule has 1 aliphatic rings. The second kappa shape index (κ2) is 9.98. The van der Waals surface area contributed by atoms with Crippen molar-refractivity contribution in [2.45, 2.75) is 19.8 Å². The van der Waals surface area contributed by atoms with E-state index < -0.39 is 0 Å². The van der Waals surface area contributed by atoms with Crippen LogP contribution in [0, 0.1) is 5.82 Å². The van der Waals surface area contributed by atoms with Gasteiger partial charge in [-0.3, -0.25) is 4.79 Å². The highest BCUT2D eigenvalue weighted by atomic mass is 19.1. The minimum atomic E-state index is -0.315. The lowest BCUT2D eigenvalue weighted by molar-refractivity contribution is -0.132. The second-order valence-electron chi connectivity index (χ2n) is 5.91. The van der Waals surface area contributed by atoms with E-state index in [0.717, 1.165) is 0 Å². The fourth-order valence-corrected chi connectivity index (χ4v) is 2.76. The number of carbonyl (C=O) groups excluding carboxylic acids is 2. The normalized spacial score (nSPS) is 14.5. The smallest absolute Gasteiger partial charge is 0.409 e. The number of benzene rings is 1. The standard InChI is InChI=1S/C18H26FN3O3/c1-2-25-18(24)22-13-11-21(12-14-22)17(23)8-10-20-9-7-15-5-3-4-6-16(15)19/h3-6,20H,2,7-14H2,1H3. The fourth-order valence-electron chi connectivity index (χ4n) is 2.76. The molecule has 0 aromatic heterocycles. The molecule has 1 aliphatic heterocycles. The molecule has 0 saturated carbocycles. The summed E-state index contributed by atoms with van der Waals surface area (Å²) in [5, 5.41) is 3.18. The van der Waals surface area contributed by atoms with E-state index in [1.807, 2.05) is 6.07 Å². The maximum atomic E-state index is 13.5. The van der Waals surface area contributed by atoms with Gasteiger partial charge in [-0.05, 0) is 31.5 Å². The number of nitrogens with one attached hydrogen (secondary N) is 1. The van der Waals surface area contributed by atoms with Gasteiger partial charge < -0.3 is 19.9 Å². The van der Waals surface area contributed by atoms with Crippen LogP contribution in [0.5, 0.6) is 0 Å². The van der Waals surface area contributed by atoms with E-state index >= 15 is 0 Å². The van der Waals surface area contributed by atoms with Gasteiger partial charge in [-0.1, -0.05) is 18.2 Å². The Bertz CT molecular complexity index is 574. The molecule has 7 heteroatoms. The largest absolute Gasteiger partial charge is 0.450 e. The topological polar surface area (TPSA) is 61.9 Å². The Morgan fingerprint density at radius 2 is 1.80 bits per heavy atom. The van der Waals surface area contributed by atoms with Gasteiger partial charge in [0, 0.05) is 39.1 Å². The first-order chi connectivity index (χ1) is 12.1. The van der Waals surface area contributed by atoms with E-state index in [-0.39, 0.29) is 17.8 Å². The minimum Gasteiger partial charge on any atom is -0.450 e. The molecule has 1 fully saturated rings. The highest BCUT2D eigenvalue weighted by Crippen LogP contribution is 2.07. The number of hydrogen-bond donors (Lipinski definition) is 1. The second-order valence-corrected chi connectivity index (χ2v) is 5.91. The van der Waals surface area contributed by atoms with Crippen LogP contribution in [0.15, 0.2) is 24.3 Å². The zero-order chi connectivity index (χ0) is 18.1. The number of piperazine rings is 1. The van der Waals surface area contributed by atoms with Gasteiger partial charge in [0.2, 0.25) is 5.91 Å². The molecule has 25 heavy (non-hydrogen) atoms. The highest BCUT2D eigenvalue weighted by Gasteiger charge is 2.24. The molecule has 6 nitrogen and oxygen atoms in total. The first kappa shape index (κ1) is 19.2. The van der Waals surface area contributed by atoms with Gasteiger partial charge in [0.05, 0.1) is 6.61 Å². The summed E-state index contributed by atoms with van der Waals surface area (Å²) in [7, 11) is 0. The molecule has 1 N–H and O–H groups in total. The number of amides is 2. The van der Waals surface area contributed by atoms with Crippen molar-refractivity contribution in [3.05, 3.63) is 35.6 Å². The number of ether oxygens (including phenoxy) is 1. The molecule has 0 bridgehead atoms. The van der Waals surface area contributed by atoms with Gasteiger partial charge in [-0.2, -0.15) is 0 Å². The number of hydrogen-bond acceptors (Lipinski definition) is 4. The molecular weight excluding hydrogens is 325 g/mol. The summed E-state index contributed by atoms with van der Waals surface area (Å²) in [6.45, 7) is 5.40. The van der Waals surface area contributed by atoms with Crippen molar-refractivity contribution >= 4 is 12.0 Å². The van der Waals surface area contributed by atoms with Crippen molar-refractivity contribution in [2.75, 3.05) is 45.9 Å². The monoisotopic (exact) mass is 351 g/mol. The lowest BCUT2D eigenvalue weighted by atomic mass is 10.1. The van der Waals surface area contributed by atoms with E-state index in [2.05, 4.69) is 5.32 Å². The first-order valence-electron chi connectivity index (χ1n) is 8.75. The van der Waals surface area contributed by atoms with Crippen molar-refractivity contribution < 1.29 is 18.7 Å². The Kier molecular flexibility index (Phi) is 7.66. The van der Waals surface area contributed by atoms with Crippen molar-refractivity contribution in [3.8, 4) is 0 Å². The van der Waals surface area contributed by atoms with E-state index in [4.69, 9.17) is 4.74 Å². The van der Waals surface area contributed by atoms with Gasteiger partial charge in [0.1, 0.15) is 5.82 Å². The summed E-state index contributed by atoms with van der Waals surface area (Å²) in [6.07, 6.45) is 0.680. The molecule has 0 spiro atoms. The zero-order valence-corrected chi connectivity index (χ0v) is 14.7. The molecule has 1 saturated heterocycles. The van der Waals surface area contributed by atoms with E-state index in [1.54, 1.807) is 28.9 Å². The van der Waals surface area contributed by atoms with E-state index in [1.165, 1.54) is 6.07 Å². The van der Waals surface area contributed by atoms with Gasteiger partial charge in [-0.15, -0.1) is 0 Å². The van der Waals surface area contributed by atoms with E-state index in [9.17, 15) is 14.0 Å². The summed E-state index contributed by atoms with van der Waals surface area (Å²) in [4.78, 5) is 27.2. The van der Waals surface area contributed by atoms with Crippen LogP contribution < -0.4 is 5.32 Å². The maximum absolute atomic E-state index is 13.5. The molecule has 2 rings (SSSR count). The molecule has 0 atom stereocenters. The van der Waals surface area contributed by atoms with Crippen LogP contribution in [0.2, 0.25) is 0 Å². The van der Waals surface area contributed by atoms with Crippen LogP contribution in [0.1, 0.15) is 18.9 Å². The lowest BCUT2D eigenvalue weighted by Crippen LogP contribution is -2.51. The Hall–Kier alpha value is -2.15. The average Bonchev–Trinajstić information content (AvgIpc) is 2.63. The third-order valence-electron chi connectivity index (χ3n) is 4.20. The maximum Gasteiger partial charge on any atom is 0.409 e. The molecule has 0 radical (unpaired) electrons. The van der Waals surface area contributed by atoms with Crippen LogP contribution in [-0.4, -0.2) is 67.7 Å². The minimum absolute atomic E-state index is 0.0712. The van der Waals surface area contributed by atoms with Gasteiger partial charge in [-0.25, -0.2) is 9.18 Å². The van der Waals surface area contributed by atoms with Crippen LogP contribution >= 0.6 is 0 Å². The summed E-state index contributed by atoms with van der Waals surface area (Å²) < 4.78 is 18.4. The van der Waals surface area contributed by atoms with Crippen LogP contribution in [-0.2, 0) is 16.0 Å². The van der Waals surface area contributed by atoms with Gasteiger partial charge in [0.25, 0.3) is 0 Å². The molecule has 0 unspecified atom stereocenters. The molecule has 1 aromatic rings. The van der Waals surface area contributed by atoms with Gasteiger partial charge in [0.15, 0.2) is 0 Å². The number of nitrogens with zero attached hydrogens (tertiary/aromatic N) is 2. The zero-order valence-electron chi connectivity index (χ0n) is 14.7. The van der Waals surface area contributed by atoms with Crippen LogP contribution in [0.3, 0.4) is 0 Å².